The highest BCUT2D eigenvalue weighted by molar-refractivity contribution is 5.20. The van der Waals surface area contributed by atoms with E-state index in [0.29, 0.717) is 6.04 Å². The Hall–Kier alpha value is -0.900. The maximum atomic E-state index is 9.96. The van der Waals surface area contributed by atoms with Crippen LogP contribution >= 0.6 is 0 Å². The molecule has 1 aliphatic carbocycles. The van der Waals surface area contributed by atoms with Crippen molar-refractivity contribution in [2.24, 2.45) is 5.92 Å². The summed E-state index contributed by atoms with van der Waals surface area (Å²) in [5.74, 6) is 0.251. The summed E-state index contributed by atoms with van der Waals surface area (Å²) >= 11 is 0. The first-order valence-corrected chi connectivity index (χ1v) is 6.35. The van der Waals surface area contributed by atoms with Crippen LogP contribution in [0.1, 0.15) is 24.9 Å². The first-order valence-electron chi connectivity index (χ1n) is 6.35. The van der Waals surface area contributed by atoms with E-state index in [1.807, 2.05) is 18.2 Å². The van der Waals surface area contributed by atoms with Crippen molar-refractivity contribution < 1.29 is 10.2 Å². The molecule has 92 valence electrons. The lowest BCUT2D eigenvalue weighted by Gasteiger charge is -2.37. The highest BCUT2D eigenvalue weighted by Gasteiger charge is 2.51. The molecule has 3 heteroatoms. The Morgan fingerprint density at radius 1 is 1.18 bits per heavy atom. The SMILES string of the molecule is CC(c1ccccc1)N1CC2CC1C(O)C2O. The Balaban J connectivity index is 1.79. The van der Waals surface area contributed by atoms with Gasteiger partial charge in [0.15, 0.2) is 0 Å². The third kappa shape index (κ3) is 1.69. The highest BCUT2D eigenvalue weighted by atomic mass is 16.3. The molecule has 1 aromatic carbocycles. The van der Waals surface area contributed by atoms with Crippen LogP contribution in [0.5, 0.6) is 0 Å². The summed E-state index contributed by atoms with van der Waals surface area (Å²) in [4.78, 5) is 2.33. The van der Waals surface area contributed by atoms with Crippen LogP contribution in [-0.2, 0) is 0 Å². The van der Waals surface area contributed by atoms with Gasteiger partial charge in [0, 0.05) is 24.5 Å². The van der Waals surface area contributed by atoms with E-state index in [9.17, 15) is 10.2 Å². The molecule has 1 aromatic rings. The van der Waals surface area contributed by atoms with Crippen molar-refractivity contribution in [3.63, 3.8) is 0 Å². The van der Waals surface area contributed by atoms with E-state index >= 15 is 0 Å². The molecule has 1 aliphatic heterocycles. The smallest absolute Gasteiger partial charge is 0.0957 e. The molecule has 1 heterocycles. The lowest BCUT2D eigenvalue weighted by molar-refractivity contribution is -0.0535. The second-order valence-corrected chi connectivity index (χ2v) is 5.33. The average Bonchev–Trinajstić information content (AvgIpc) is 2.91. The van der Waals surface area contributed by atoms with Crippen molar-refractivity contribution in [3.8, 4) is 0 Å². The zero-order valence-electron chi connectivity index (χ0n) is 10.0. The molecule has 0 amide bonds. The van der Waals surface area contributed by atoms with Crippen molar-refractivity contribution in [1.29, 1.82) is 0 Å². The zero-order valence-corrected chi connectivity index (χ0v) is 10.0. The topological polar surface area (TPSA) is 43.7 Å². The molecule has 3 rings (SSSR count). The molecule has 0 radical (unpaired) electrons. The van der Waals surface area contributed by atoms with E-state index < -0.39 is 12.2 Å². The van der Waals surface area contributed by atoms with Crippen LogP contribution < -0.4 is 0 Å². The van der Waals surface area contributed by atoms with E-state index in [0.717, 1.165) is 13.0 Å². The standard InChI is InChI=1S/C14H19NO2/c1-9(10-5-3-2-4-6-10)15-8-11-7-12(15)14(17)13(11)16/h2-6,9,11-14,16-17H,7-8H2,1H3. The number of fused-ring (bicyclic) bond motifs is 2. The lowest BCUT2D eigenvalue weighted by atomic mass is 10.00. The maximum Gasteiger partial charge on any atom is 0.0957 e. The number of hydrogen-bond acceptors (Lipinski definition) is 3. The number of likely N-dealkylation sites (tertiary alicyclic amines) is 1. The summed E-state index contributed by atoms with van der Waals surface area (Å²) < 4.78 is 0. The van der Waals surface area contributed by atoms with Crippen LogP contribution in [0.25, 0.3) is 0 Å². The van der Waals surface area contributed by atoms with Gasteiger partial charge in [-0.3, -0.25) is 4.90 Å². The predicted octanol–water partition coefficient (Wildman–Crippen LogP) is 1.17. The van der Waals surface area contributed by atoms with Crippen molar-refractivity contribution >= 4 is 0 Å². The second kappa shape index (κ2) is 4.09. The summed E-state index contributed by atoms with van der Waals surface area (Å²) in [5, 5.41) is 19.7. The number of aliphatic hydroxyl groups is 2. The minimum Gasteiger partial charge on any atom is -0.390 e. The molecule has 5 atom stereocenters. The fourth-order valence-corrected chi connectivity index (χ4v) is 3.38. The van der Waals surface area contributed by atoms with Gasteiger partial charge in [0.25, 0.3) is 0 Å². The average molecular weight is 233 g/mol. The molecular formula is C14H19NO2. The van der Waals surface area contributed by atoms with Gasteiger partial charge in [-0.05, 0) is 18.9 Å². The third-order valence-corrected chi connectivity index (χ3v) is 4.42. The second-order valence-electron chi connectivity index (χ2n) is 5.33. The number of nitrogens with zero attached hydrogens (tertiary/aromatic N) is 1. The van der Waals surface area contributed by atoms with E-state index in [2.05, 4.69) is 24.0 Å². The summed E-state index contributed by atoms with van der Waals surface area (Å²) in [6.07, 6.45) is -0.154. The fraction of sp³-hybridized carbons (Fsp3) is 0.571. The van der Waals surface area contributed by atoms with Crippen LogP contribution in [0.3, 0.4) is 0 Å². The molecule has 2 fully saturated rings. The van der Waals surface area contributed by atoms with Crippen LogP contribution in [0.15, 0.2) is 30.3 Å². The van der Waals surface area contributed by atoms with Gasteiger partial charge in [-0.25, -0.2) is 0 Å². The van der Waals surface area contributed by atoms with Crippen LogP contribution in [0, 0.1) is 5.92 Å². The van der Waals surface area contributed by atoms with E-state index in [1.54, 1.807) is 0 Å². The Bertz CT molecular complexity index is 392. The molecule has 2 N–H and O–H groups in total. The summed E-state index contributed by atoms with van der Waals surface area (Å²) in [7, 11) is 0. The summed E-state index contributed by atoms with van der Waals surface area (Å²) in [6, 6.07) is 10.8. The van der Waals surface area contributed by atoms with E-state index in [-0.39, 0.29) is 12.0 Å². The minimum atomic E-state index is -0.570. The largest absolute Gasteiger partial charge is 0.390 e. The first kappa shape index (κ1) is 11.2. The lowest BCUT2D eigenvalue weighted by Crippen LogP contribution is -2.49. The van der Waals surface area contributed by atoms with Crippen LogP contribution in [0.4, 0.5) is 0 Å². The maximum absolute atomic E-state index is 9.96. The monoisotopic (exact) mass is 233 g/mol. The highest BCUT2D eigenvalue weighted by Crippen LogP contribution is 2.42. The van der Waals surface area contributed by atoms with Gasteiger partial charge >= 0.3 is 0 Å². The van der Waals surface area contributed by atoms with Crippen LogP contribution in [-0.4, -0.2) is 39.9 Å². The molecule has 5 unspecified atom stereocenters. The number of hydrogen-bond donors (Lipinski definition) is 2. The number of aliphatic hydroxyl groups excluding tert-OH is 2. The Morgan fingerprint density at radius 2 is 1.88 bits per heavy atom. The van der Waals surface area contributed by atoms with Crippen molar-refractivity contribution in [2.75, 3.05) is 6.54 Å². The number of rotatable bonds is 2. The molecule has 0 spiro atoms. The van der Waals surface area contributed by atoms with Crippen molar-refractivity contribution in [2.45, 2.75) is 37.6 Å². The number of benzene rings is 1. The normalized spacial score (nSPS) is 38.5. The third-order valence-electron chi connectivity index (χ3n) is 4.42. The molecule has 1 saturated heterocycles. The fourth-order valence-electron chi connectivity index (χ4n) is 3.38. The van der Waals surface area contributed by atoms with Crippen molar-refractivity contribution in [1.82, 2.24) is 4.90 Å². The summed E-state index contributed by atoms with van der Waals surface area (Å²) in [5.41, 5.74) is 1.28. The molecule has 17 heavy (non-hydrogen) atoms. The van der Waals surface area contributed by atoms with Gasteiger partial charge in [0.05, 0.1) is 12.2 Å². The Kier molecular flexibility index (Phi) is 2.69. The van der Waals surface area contributed by atoms with E-state index in [4.69, 9.17) is 0 Å². The Labute approximate surface area is 102 Å². The minimum absolute atomic E-state index is 0.130. The molecule has 0 aromatic heterocycles. The van der Waals surface area contributed by atoms with Gasteiger partial charge in [-0.15, -0.1) is 0 Å². The first-order chi connectivity index (χ1) is 8.18. The molecule has 1 saturated carbocycles. The Morgan fingerprint density at radius 3 is 2.47 bits per heavy atom. The van der Waals surface area contributed by atoms with Gasteiger partial charge in [0.1, 0.15) is 0 Å². The zero-order chi connectivity index (χ0) is 12.0. The van der Waals surface area contributed by atoms with E-state index in [1.165, 1.54) is 5.56 Å². The molecule has 2 bridgehead atoms. The van der Waals surface area contributed by atoms with Gasteiger partial charge in [0.2, 0.25) is 0 Å². The predicted molar refractivity (Wildman–Crippen MR) is 65.5 cm³/mol. The molecular weight excluding hydrogens is 214 g/mol. The van der Waals surface area contributed by atoms with Gasteiger partial charge in [-0.1, -0.05) is 30.3 Å². The van der Waals surface area contributed by atoms with Crippen LogP contribution in [0.2, 0.25) is 0 Å². The number of piperidine rings is 1. The molecule has 3 nitrogen and oxygen atoms in total. The van der Waals surface area contributed by atoms with Gasteiger partial charge < -0.3 is 10.2 Å². The quantitative estimate of drug-likeness (QED) is 0.806. The van der Waals surface area contributed by atoms with Gasteiger partial charge in [-0.2, -0.15) is 0 Å². The molecule has 2 aliphatic rings. The summed E-state index contributed by atoms with van der Waals surface area (Å²) in [6.45, 7) is 3.08. The van der Waals surface area contributed by atoms with Crippen molar-refractivity contribution in [3.05, 3.63) is 35.9 Å².